The van der Waals surface area contributed by atoms with Crippen molar-refractivity contribution in [2.24, 2.45) is 11.7 Å². The van der Waals surface area contributed by atoms with Gasteiger partial charge in [-0.1, -0.05) is 31.2 Å². The average Bonchev–Trinajstić information content (AvgIpc) is 2.22. The molecular formula is C13H19NO. The van der Waals surface area contributed by atoms with Crippen LogP contribution in [0.3, 0.4) is 0 Å². The minimum Gasteiger partial charge on any atom is -0.392 e. The van der Waals surface area contributed by atoms with Crippen LogP contribution in [-0.2, 0) is 6.42 Å². The van der Waals surface area contributed by atoms with Gasteiger partial charge >= 0.3 is 0 Å². The standard InChI is InChI=1S/C13H19NO/c1-2-9(8-14)13(15)12-7-10-5-3-4-6-11(10)12/h3-6,9,12-13,15H,2,7-8,14H2,1H3. The Hall–Kier alpha value is -0.860. The summed E-state index contributed by atoms with van der Waals surface area (Å²) >= 11 is 0. The van der Waals surface area contributed by atoms with Gasteiger partial charge in [0.1, 0.15) is 0 Å². The van der Waals surface area contributed by atoms with Crippen molar-refractivity contribution < 1.29 is 5.11 Å². The molecule has 82 valence electrons. The van der Waals surface area contributed by atoms with Crippen molar-refractivity contribution in [2.45, 2.75) is 31.8 Å². The Morgan fingerprint density at radius 1 is 1.47 bits per heavy atom. The maximum Gasteiger partial charge on any atom is 0.0652 e. The zero-order valence-electron chi connectivity index (χ0n) is 9.19. The number of benzene rings is 1. The van der Waals surface area contributed by atoms with Crippen LogP contribution < -0.4 is 5.73 Å². The lowest BCUT2D eigenvalue weighted by Gasteiger charge is -2.37. The average molecular weight is 205 g/mol. The summed E-state index contributed by atoms with van der Waals surface area (Å²) in [4.78, 5) is 0. The molecule has 0 aliphatic heterocycles. The molecular weight excluding hydrogens is 186 g/mol. The van der Waals surface area contributed by atoms with E-state index in [2.05, 4.69) is 25.1 Å². The molecule has 1 aliphatic carbocycles. The van der Waals surface area contributed by atoms with E-state index in [1.807, 2.05) is 6.07 Å². The second-order valence-corrected chi connectivity index (χ2v) is 4.40. The Labute approximate surface area is 91.1 Å². The zero-order chi connectivity index (χ0) is 10.8. The molecule has 0 fully saturated rings. The van der Waals surface area contributed by atoms with Gasteiger partial charge in [-0.05, 0) is 36.4 Å². The largest absolute Gasteiger partial charge is 0.392 e. The van der Waals surface area contributed by atoms with E-state index in [0.29, 0.717) is 12.5 Å². The Morgan fingerprint density at radius 3 is 2.80 bits per heavy atom. The van der Waals surface area contributed by atoms with Gasteiger partial charge in [0.25, 0.3) is 0 Å². The SMILES string of the molecule is CCC(CN)C(O)C1Cc2ccccc21. The molecule has 1 aromatic rings. The number of fused-ring (bicyclic) bond motifs is 1. The number of aliphatic hydroxyl groups is 1. The lowest BCUT2D eigenvalue weighted by molar-refractivity contribution is 0.0737. The first kappa shape index (κ1) is 10.7. The summed E-state index contributed by atoms with van der Waals surface area (Å²) < 4.78 is 0. The fourth-order valence-electron chi connectivity index (χ4n) is 2.48. The van der Waals surface area contributed by atoms with Gasteiger partial charge in [-0.25, -0.2) is 0 Å². The summed E-state index contributed by atoms with van der Waals surface area (Å²) in [7, 11) is 0. The topological polar surface area (TPSA) is 46.2 Å². The van der Waals surface area contributed by atoms with Crippen LogP contribution in [0.1, 0.15) is 30.4 Å². The summed E-state index contributed by atoms with van der Waals surface area (Å²) in [6.45, 7) is 2.67. The van der Waals surface area contributed by atoms with Crippen molar-refractivity contribution >= 4 is 0 Å². The van der Waals surface area contributed by atoms with Gasteiger partial charge < -0.3 is 10.8 Å². The van der Waals surface area contributed by atoms with E-state index in [-0.39, 0.29) is 12.0 Å². The molecule has 2 rings (SSSR count). The van der Waals surface area contributed by atoms with Crippen LogP contribution in [0.5, 0.6) is 0 Å². The molecule has 2 heteroatoms. The van der Waals surface area contributed by atoms with Crippen molar-refractivity contribution in [1.29, 1.82) is 0 Å². The second-order valence-electron chi connectivity index (χ2n) is 4.40. The molecule has 2 nitrogen and oxygen atoms in total. The lowest BCUT2D eigenvalue weighted by atomic mass is 9.71. The first-order valence-electron chi connectivity index (χ1n) is 5.73. The predicted octanol–water partition coefficient (Wildman–Crippen LogP) is 1.67. The van der Waals surface area contributed by atoms with E-state index < -0.39 is 0 Å². The summed E-state index contributed by atoms with van der Waals surface area (Å²) in [6, 6.07) is 8.36. The van der Waals surface area contributed by atoms with E-state index in [4.69, 9.17) is 5.73 Å². The molecule has 3 unspecified atom stereocenters. The van der Waals surface area contributed by atoms with Gasteiger partial charge in [0, 0.05) is 5.92 Å². The molecule has 3 N–H and O–H groups in total. The first-order valence-corrected chi connectivity index (χ1v) is 5.73. The van der Waals surface area contributed by atoms with Crippen LogP contribution in [0, 0.1) is 5.92 Å². The number of aliphatic hydroxyl groups excluding tert-OH is 1. The first-order chi connectivity index (χ1) is 7.27. The quantitative estimate of drug-likeness (QED) is 0.785. The van der Waals surface area contributed by atoms with Crippen molar-refractivity contribution in [3.05, 3.63) is 35.4 Å². The highest BCUT2D eigenvalue weighted by Crippen LogP contribution is 2.39. The summed E-state index contributed by atoms with van der Waals surface area (Å²) in [5, 5.41) is 10.2. The molecule has 15 heavy (non-hydrogen) atoms. The fourth-order valence-corrected chi connectivity index (χ4v) is 2.48. The number of hydrogen-bond donors (Lipinski definition) is 2. The predicted molar refractivity (Wildman–Crippen MR) is 61.7 cm³/mol. The molecule has 0 aromatic heterocycles. The lowest BCUT2D eigenvalue weighted by Crippen LogP contribution is -2.37. The Balaban J connectivity index is 2.09. The van der Waals surface area contributed by atoms with Crippen LogP contribution >= 0.6 is 0 Å². The Morgan fingerprint density at radius 2 is 2.20 bits per heavy atom. The molecule has 0 saturated carbocycles. The summed E-state index contributed by atoms with van der Waals surface area (Å²) in [6.07, 6.45) is 1.69. The highest BCUT2D eigenvalue weighted by atomic mass is 16.3. The smallest absolute Gasteiger partial charge is 0.0652 e. The third-order valence-electron chi connectivity index (χ3n) is 3.62. The Kier molecular flexibility index (Phi) is 3.08. The minimum atomic E-state index is -0.269. The number of hydrogen-bond acceptors (Lipinski definition) is 2. The van der Waals surface area contributed by atoms with E-state index in [1.54, 1.807) is 0 Å². The van der Waals surface area contributed by atoms with Crippen molar-refractivity contribution in [1.82, 2.24) is 0 Å². The van der Waals surface area contributed by atoms with Crippen LogP contribution in [-0.4, -0.2) is 17.8 Å². The van der Waals surface area contributed by atoms with Gasteiger partial charge in [-0.2, -0.15) is 0 Å². The molecule has 3 atom stereocenters. The van der Waals surface area contributed by atoms with Crippen molar-refractivity contribution in [3.63, 3.8) is 0 Å². The monoisotopic (exact) mass is 205 g/mol. The maximum absolute atomic E-state index is 10.2. The summed E-state index contributed by atoms with van der Waals surface area (Å²) in [5.41, 5.74) is 8.36. The molecule has 1 aromatic carbocycles. The molecule has 0 bridgehead atoms. The van der Waals surface area contributed by atoms with E-state index >= 15 is 0 Å². The minimum absolute atomic E-state index is 0.239. The van der Waals surface area contributed by atoms with Gasteiger partial charge in [0.05, 0.1) is 6.10 Å². The molecule has 0 heterocycles. The van der Waals surface area contributed by atoms with Crippen LogP contribution in [0.15, 0.2) is 24.3 Å². The summed E-state index contributed by atoms with van der Waals surface area (Å²) in [5.74, 6) is 0.554. The molecule has 0 spiro atoms. The van der Waals surface area contributed by atoms with E-state index in [1.165, 1.54) is 11.1 Å². The number of nitrogens with two attached hydrogens (primary N) is 1. The molecule has 1 aliphatic rings. The van der Waals surface area contributed by atoms with Crippen molar-refractivity contribution in [3.8, 4) is 0 Å². The van der Waals surface area contributed by atoms with Crippen LogP contribution in [0.4, 0.5) is 0 Å². The van der Waals surface area contributed by atoms with E-state index in [0.717, 1.165) is 12.8 Å². The highest BCUT2D eigenvalue weighted by molar-refractivity contribution is 5.40. The molecule has 0 radical (unpaired) electrons. The third-order valence-corrected chi connectivity index (χ3v) is 3.62. The zero-order valence-corrected chi connectivity index (χ0v) is 9.19. The van der Waals surface area contributed by atoms with Crippen LogP contribution in [0.25, 0.3) is 0 Å². The van der Waals surface area contributed by atoms with E-state index in [9.17, 15) is 5.11 Å². The molecule has 0 amide bonds. The van der Waals surface area contributed by atoms with Gasteiger partial charge in [0.15, 0.2) is 0 Å². The Bertz CT molecular complexity index is 333. The maximum atomic E-state index is 10.2. The van der Waals surface area contributed by atoms with Gasteiger partial charge in [-0.15, -0.1) is 0 Å². The van der Waals surface area contributed by atoms with Gasteiger partial charge in [-0.3, -0.25) is 0 Å². The normalized spacial score (nSPS) is 22.7. The number of rotatable bonds is 4. The van der Waals surface area contributed by atoms with Gasteiger partial charge in [0.2, 0.25) is 0 Å². The van der Waals surface area contributed by atoms with Crippen LogP contribution in [0.2, 0.25) is 0 Å². The second kappa shape index (κ2) is 4.33. The fraction of sp³-hybridized carbons (Fsp3) is 0.538. The third kappa shape index (κ3) is 1.80. The molecule has 0 saturated heterocycles. The van der Waals surface area contributed by atoms with Crippen molar-refractivity contribution in [2.75, 3.05) is 6.54 Å². The highest BCUT2D eigenvalue weighted by Gasteiger charge is 2.34.